The fourth-order valence-corrected chi connectivity index (χ4v) is 2.32. The van der Waals surface area contributed by atoms with Crippen LogP contribution in [0.3, 0.4) is 0 Å². The van der Waals surface area contributed by atoms with Crippen molar-refractivity contribution in [2.45, 2.75) is 24.7 Å². The fraction of sp³-hybridized carbons (Fsp3) is 0.818. The standard InChI is InChI=1S/C11H17N3O2/c1-15-6-8-4-12-5-9(8)11-13-10(14-16-11)7-2-3-7/h7-9,12H,2-6H2,1H3/t8-,9+/m0/s1. The predicted molar refractivity (Wildman–Crippen MR) is 57.2 cm³/mol. The molecule has 0 amide bonds. The third-order valence-electron chi connectivity index (χ3n) is 3.44. The highest BCUT2D eigenvalue weighted by Crippen LogP contribution is 2.39. The highest BCUT2D eigenvalue weighted by atomic mass is 16.5. The summed E-state index contributed by atoms with van der Waals surface area (Å²) in [6, 6.07) is 0. The minimum absolute atomic E-state index is 0.319. The molecule has 0 radical (unpaired) electrons. The Hall–Kier alpha value is -0.940. The minimum Gasteiger partial charge on any atom is -0.384 e. The monoisotopic (exact) mass is 223 g/mol. The fourth-order valence-electron chi connectivity index (χ4n) is 2.32. The normalized spacial score (nSPS) is 29.8. The molecule has 2 aliphatic rings. The van der Waals surface area contributed by atoms with Crippen molar-refractivity contribution in [1.82, 2.24) is 15.5 Å². The van der Waals surface area contributed by atoms with E-state index in [4.69, 9.17) is 9.26 Å². The van der Waals surface area contributed by atoms with Crippen LogP contribution >= 0.6 is 0 Å². The third-order valence-corrected chi connectivity index (χ3v) is 3.44. The quantitative estimate of drug-likeness (QED) is 0.821. The summed E-state index contributed by atoms with van der Waals surface area (Å²) in [4.78, 5) is 4.51. The van der Waals surface area contributed by atoms with Gasteiger partial charge in [-0.25, -0.2) is 0 Å². The largest absolute Gasteiger partial charge is 0.384 e. The highest BCUT2D eigenvalue weighted by Gasteiger charge is 2.35. The van der Waals surface area contributed by atoms with Gasteiger partial charge in [-0.05, 0) is 12.8 Å². The highest BCUT2D eigenvalue weighted by molar-refractivity contribution is 5.07. The molecule has 2 heterocycles. The first-order valence-electron chi connectivity index (χ1n) is 5.91. The summed E-state index contributed by atoms with van der Waals surface area (Å²) in [6.07, 6.45) is 2.42. The molecular formula is C11H17N3O2. The lowest BCUT2D eigenvalue weighted by molar-refractivity contribution is 0.146. The van der Waals surface area contributed by atoms with E-state index in [0.29, 0.717) is 17.8 Å². The Morgan fingerprint density at radius 1 is 1.44 bits per heavy atom. The number of nitrogens with one attached hydrogen (secondary N) is 1. The Labute approximate surface area is 94.6 Å². The second-order valence-electron chi connectivity index (χ2n) is 4.75. The van der Waals surface area contributed by atoms with E-state index in [1.165, 1.54) is 12.8 Å². The van der Waals surface area contributed by atoms with Gasteiger partial charge in [0.1, 0.15) is 0 Å². The van der Waals surface area contributed by atoms with Crippen molar-refractivity contribution in [1.29, 1.82) is 0 Å². The summed E-state index contributed by atoms with van der Waals surface area (Å²) in [5.41, 5.74) is 0. The average Bonchev–Trinajstić information content (AvgIpc) is 2.85. The maximum Gasteiger partial charge on any atom is 0.231 e. The van der Waals surface area contributed by atoms with E-state index in [1.54, 1.807) is 7.11 Å². The second-order valence-corrected chi connectivity index (χ2v) is 4.75. The van der Waals surface area contributed by atoms with Crippen molar-refractivity contribution < 1.29 is 9.26 Å². The van der Waals surface area contributed by atoms with Gasteiger partial charge in [-0.3, -0.25) is 0 Å². The van der Waals surface area contributed by atoms with E-state index in [2.05, 4.69) is 15.5 Å². The molecule has 1 aromatic heterocycles. The van der Waals surface area contributed by atoms with Gasteiger partial charge in [-0.2, -0.15) is 4.98 Å². The Morgan fingerprint density at radius 2 is 2.31 bits per heavy atom. The van der Waals surface area contributed by atoms with Gasteiger partial charge < -0.3 is 14.6 Å². The van der Waals surface area contributed by atoms with E-state index in [0.717, 1.165) is 31.4 Å². The topological polar surface area (TPSA) is 60.2 Å². The van der Waals surface area contributed by atoms with Gasteiger partial charge in [0, 0.05) is 32.0 Å². The first-order chi connectivity index (χ1) is 7.88. The number of methoxy groups -OCH3 is 1. The molecule has 88 valence electrons. The summed E-state index contributed by atoms with van der Waals surface area (Å²) in [5.74, 6) is 3.03. The Bertz CT molecular complexity index is 362. The Balaban J connectivity index is 1.73. The summed E-state index contributed by atoms with van der Waals surface area (Å²) < 4.78 is 10.6. The van der Waals surface area contributed by atoms with Crippen molar-refractivity contribution in [2.24, 2.45) is 5.92 Å². The number of hydrogen-bond donors (Lipinski definition) is 1. The lowest BCUT2D eigenvalue weighted by atomic mass is 9.97. The first-order valence-corrected chi connectivity index (χ1v) is 5.91. The van der Waals surface area contributed by atoms with Crippen LogP contribution in [0.25, 0.3) is 0 Å². The van der Waals surface area contributed by atoms with Crippen molar-refractivity contribution in [2.75, 3.05) is 26.8 Å². The van der Waals surface area contributed by atoms with Crippen molar-refractivity contribution in [3.05, 3.63) is 11.7 Å². The number of aromatic nitrogens is 2. The van der Waals surface area contributed by atoms with Gasteiger partial charge in [0.05, 0.1) is 12.5 Å². The molecule has 1 N–H and O–H groups in total. The second kappa shape index (κ2) is 4.14. The van der Waals surface area contributed by atoms with Crippen LogP contribution < -0.4 is 5.32 Å². The van der Waals surface area contributed by atoms with Crippen molar-refractivity contribution >= 4 is 0 Å². The van der Waals surface area contributed by atoms with Crippen LogP contribution in [0.2, 0.25) is 0 Å². The van der Waals surface area contributed by atoms with E-state index in [-0.39, 0.29) is 0 Å². The first kappa shape index (κ1) is 10.2. The predicted octanol–water partition coefficient (Wildman–Crippen LogP) is 0.896. The van der Waals surface area contributed by atoms with Crippen LogP contribution in [-0.2, 0) is 4.74 Å². The zero-order valence-electron chi connectivity index (χ0n) is 9.48. The molecule has 1 saturated heterocycles. The zero-order chi connectivity index (χ0) is 11.0. The minimum atomic E-state index is 0.319. The van der Waals surface area contributed by atoms with Gasteiger partial charge in [0.15, 0.2) is 5.82 Å². The Kier molecular flexibility index (Phi) is 2.65. The molecule has 0 spiro atoms. The molecule has 2 atom stereocenters. The maximum absolute atomic E-state index is 5.37. The van der Waals surface area contributed by atoms with Gasteiger partial charge in [0.2, 0.25) is 5.89 Å². The van der Waals surface area contributed by atoms with E-state index in [9.17, 15) is 0 Å². The summed E-state index contributed by atoms with van der Waals surface area (Å²) in [6.45, 7) is 2.64. The van der Waals surface area contributed by atoms with Crippen LogP contribution in [0.15, 0.2) is 4.52 Å². The maximum atomic E-state index is 5.37. The lowest BCUT2D eigenvalue weighted by Crippen LogP contribution is -2.16. The molecular weight excluding hydrogens is 206 g/mol. The smallest absolute Gasteiger partial charge is 0.231 e. The van der Waals surface area contributed by atoms with Crippen LogP contribution in [0.5, 0.6) is 0 Å². The molecule has 0 bridgehead atoms. The molecule has 0 aromatic carbocycles. The summed E-state index contributed by atoms with van der Waals surface area (Å²) in [7, 11) is 1.73. The number of nitrogens with zero attached hydrogens (tertiary/aromatic N) is 2. The van der Waals surface area contributed by atoms with E-state index < -0.39 is 0 Å². The van der Waals surface area contributed by atoms with E-state index in [1.807, 2.05) is 0 Å². The van der Waals surface area contributed by atoms with Crippen LogP contribution in [0.4, 0.5) is 0 Å². The molecule has 1 aromatic rings. The van der Waals surface area contributed by atoms with Crippen molar-refractivity contribution in [3.8, 4) is 0 Å². The number of rotatable bonds is 4. The van der Waals surface area contributed by atoms with Crippen LogP contribution in [0, 0.1) is 5.92 Å². The average molecular weight is 223 g/mol. The van der Waals surface area contributed by atoms with Crippen LogP contribution in [0.1, 0.15) is 36.4 Å². The molecule has 5 heteroatoms. The van der Waals surface area contributed by atoms with Crippen molar-refractivity contribution in [3.63, 3.8) is 0 Å². The molecule has 0 unspecified atom stereocenters. The Morgan fingerprint density at radius 3 is 3.06 bits per heavy atom. The van der Waals surface area contributed by atoms with Gasteiger partial charge in [-0.15, -0.1) is 0 Å². The molecule has 16 heavy (non-hydrogen) atoms. The molecule has 1 aliphatic carbocycles. The molecule has 1 aliphatic heterocycles. The van der Waals surface area contributed by atoms with Gasteiger partial charge in [-0.1, -0.05) is 5.16 Å². The molecule has 1 saturated carbocycles. The van der Waals surface area contributed by atoms with E-state index >= 15 is 0 Å². The third kappa shape index (κ3) is 1.85. The summed E-state index contributed by atoms with van der Waals surface area (Å²) >= 11 is 0. The number of hydrogen-bond acceptors (Lipinski definition) is 5. The lowest BCUT2D eigenvalue weighted by Gasteiger charge is -2.12. The number of ether oxygens (including phenoxy) is 1. The zero-order valence-corrected chi connectivity index (χ0v) is 9.48. The molecule has 3 rings (SSSR count). The van der Waals surface area contributed by atoms with Gasteiger partial charge in [0.25, 0.3) is 0 Å². The molecule has 2 fully saturated rings. The van der Waals surface area contributed by atoms with Crippen LogP contribution in [-0.4, -0.2) is 36.9 Å². The SMILES string of the molecule is COC[C@@H]1CNC[C@H]1c1nc(C2CC2)no1. The molecule has 5 nitrogen and oxygen atoms in total. The van der Waals surface area contributed by atoms with Gasteiger partial charge >= 0.3 is 0 Å². The summed E-state index contributed by atoms with van der Waals surface area (Å²) in [5, 5.41) is 7.41.